The van der Waals surface area contributed by atoms with Gasteiger partial charge >= 0.3 is 0 Å². The molecule has 0 aromatic heterocycles. The highest BCUT2D eigenvalue weighted by molar-refractivity contribution is 5.78. The number of aryl methyl sites for hydroxylation is 1. The number of nitrogens with zero attached hydrogens (tertiary/aromatic N) is 2. The Kier molecular flexibility index (Phi) is 5.78. The van der Waals surface area contributed by atoms with Crippen molar-refractivity contribution in [2.75, 3.05) is 40.4 Å². The van der Waals surface area contributed by atoms with Gasteiger partial charge in [-0.2, -0.15) is 0 Å². The maximum absolute atomic E-state index is 12.6. The Morgan fingerprint density at radius 1 is 1.12 bits per heavy atom. The standard InChI is InChI=1S/C21H26N2O3/c1-16-7-9-18(10-8-16)26-15-21(24)23-12-11-22(2)20(14-23)17-5-4-6-19(13-17)25-3/h4-10,13,20H,11-12,14-15H2,1-3H3. The van der Waals surface area contributed by atoms with Gasteiger partial charge in [-0.1, -0.05) is 29.8 Å². The zero-order valence-electron chi connectivity index (χ0n) is 15.6. The summed E-state index contributed by atoms with van der Waals surface area (Å²) in [6.45, 7) is 4.29. The van der Waals surface area contributed by atoms with E-state index in [1.54, 1.807) is 7.11 Å². The summed E-state index contributed by atoms with van der Waals surface area (Å²) in [4.78, 5) is 16.8. The van der Waals surface area contributed by atoms with Crippen molar-refractivity contribution in [2.24, 2.45) is 0 Å². The van der Waals surface area contributed by atoms with Crippen molar-refractivity contribution in [1.29, 1.82) is 0 Å². The Labute approximate surface area is 155 Å². The van der Waals surface area contributed by atoms with Crippen molar-refractivity contribution >= 4 is 5.91 Å². The molecule has 2 aromatic rings. The lowest BCUT2D eigenvalue weighted by molar-refractivity contribution is -0.136. The van der Waals surface area contributed by atoms with Crippen LogP contribution < -0.4 is 9.47 Å². The van der Waals surface area contributed by atoms with E-state index in [1.807, 2.05) is 54.3 Å². The van der Waals surface area contributed by atoms with Gasteiger partial charge in [-0.05, 0) is 43.8 Å². The van der Waals surface area contributed by atoms with Crippen LogP contribution in [-0.2, 0) is 4.79 Å². The molecule has 138 valence electrons. The molecule has 3 rings (SSSR count). The number of carbonyl (C=O) groups is 1. The first-order chi connectivity index (χ1) is 12.6. The number of piperazine rings is 1. The maximum Gasteiger partial charge on any atom is 0.260 e. The van der Waals surface area contributed by atoms with Gasteiger partial charge in [-0.15, -0.1) is 0 Å². The minimum Gasteiger partial charge on any atom is -0.497 e. The lowest BCUT2D eigenvalue weighted by atomic mass is 10.0. The fourth-order valence-corrected chi connectivity index (χ4v) is 3.18. The first-order valence-electron chi connectivity index (χ1n) is 8.88. The van der Waals surface area contributed by atoms with E-state index in [4.69, 9.17) is 9.47 Å². The van der Waals surface area contributed by atoms with E-state index in [1.165, 1.54) is 5.56 Å². The Morgan fingerprint density at radius 2 is 1.88 bits per heavy atom. The zero-order valence-corrected chi connectivity index (χ0v) is 15.6. The van der Waals surface area contributed by atoms with Gasteiger partial charge in [0.05, 0.1) is 13.2 Å². The van der Waals surface area contributed by atoms with Crippen molar-refractivity contribution in [3.8, 4) is 11.5 Å². The first-order valence-corrected chi connectivity index (χ1v) is 8.88. The summed E-state index contributed by atoms with van der Waals surface area (Å²) in [5.41, 5.74) is 2.33. The smallest absolute Gasteiger partial charge is 0.260 e. The quantitative estimate of drug-likeness (QED) is 0.828. The Morgan fingerprint density at radius 3 is 2.62 bits per heavy atom. The van der Waals surface area contributed by atoms with Crippen molar-refractivity contribution in [3.05, 3.63) is 59.7 Å². The van der Waals surface area contributed by atoms with E-state index in [2.05, 4.69) is 18.0 Å². The third-order valence-electron chi connectivity index (χ3n) is 4.86. The molecule has 1 unspecified atom stereocenters. The second-order valence-electron chi connectivity index (χ2n) is 6.71. The fraction of sp³-hybridized carbons (Fsp3) is 0.381. The summed E-state index contributed by atoms with van der Waals surface area (Å²) in [7, 11) is 3.76. The molecule has 0 N–H and O–H groups in total. The number of rotatable bonds is 5. The van der Waals surface area contributed by atoms with Gasteiger partial charge in [-0.25, -0.2) is 0 Å². The highest BCUT2D eigenvalue weighted by Crippen LogP contribution is 2.27. The van der Waals surface area contributed by atoms with E-state index < -0.39 is 0 Å². The maximum atomic E-state index is 12.6. The Bertz CT molecular complexity index is 745. The molecule has 2 aromatic carbocycles. The molecule has 5 nitrogen and oxygen atoms in total. The molecule has 5 heteroatoms. The minimum absolute atomic E-state index is 0.0200. The van der Waals surface area contributed by atoms with E-state index in [0.717, 1.165) is 23.6 Å². The van der Waals surface area contributed by atoms with E-state index in [-0.39, 0.29) is 18.6 Å². The van der Waals surface area contributed by atoms with Crippen LogP contribution in [0, 0.1) is 6.92 Å². The number of methoxy groups -OCH3 is 1. The third-order valence-corrected chi connectivity index (χ3v) is 4.86. The molecule has 1 aliphatic rings. The first kappa shape index (κ1) is 18.3. The van der Waals surface area contributed by atoms with Crippen LogP contribution in [-0.4, -0.2) is 56.1 Å². The van der Waals surface area contributed by atoms with Crippen LogP contribution in [0.2, 0.25) is 0 Å². The molecule has 26 heavy (non-hydrogen) atoms. The van der Waals surface area contributed by atoms with Crippen molar-refractivity contribution in [2.45, 2.75) is 13.0 Å². The molecule has 1 amide bonds. The Balaban J connectivity index is 1.63. The number of hydrogen-bond donors (Lipinski definition) is 0. The summed E-state index contributed by atoms with van der Waals surface area (Å²) < 4.78 is 11.0. The molecule has 1 atom stereocenters. The number of ether oxygens (including phenoxy) is 2. The summed E-state index contributed by atoms with van der Waals surface area (Å²) in [6.07, 6.45) is 0. The third kappa shape index (κ3) is 4.35. The lowest BCUT2D eigenvalue weighted by Gasteiger charge is -2.39. The van der Waals surface area contributed by atoms with Gasteiger partial charge in [0.25, 0.3) is 5.91 Å². The van der Waals surface area contributed by atoms with Gasteiger partial charge in [0, 0.05) is 19.6 Å². The molecule has 1 fully saturated rings. The SMILES string of the molecule is COc1cccc(C2CN(C(=O)COc3ccc(C)cc3)CCN2C)c1. The topological polar surface area (TPSA) is 42.0 Å². The fourth-order valence-electron chi connectivity index (χ4n) is 3.18. The molecule has 0 radical (unpaired) electrons. The van der Waals surface area contributed by atoms with Crippen LogP contribution in [0.1, 0.15) is 17.2 Å². The number of benzene rings is 2. The van der Waals surface area contributed by atoms with Crippen LogP contribution in [0.25, 0.3) is 0 Å². The van der Waals surface area contributed by atoms with Crippen LogP contribution in [0.4, 0.5) is 0 Å². The summed E-state index contributed by atoms with van der Waals surface area (Å²) in [5, 5.41) is 0. The molecular weight excluding hydrogens is 328 g/mol. The number of likely N-dealkylation sites (N-methyl/N-ethyl adjacent to an activating group) is 1. The predicted molar refractivity (Wildman–Crippen MR) is 102 cm³/mol. The zero-order chi connectivity index (χ0) is 18.5. The van der Waals surface area contributed by atoms with E-state index in [0.29, 0.717) is 13.1 Å². The summed E-state index contributed by atoms with van der Waals surface area (Å²) in [6, 6.07) is 16.0. The van der Waals surface area contributed by atoms with Crippen LogP contribution in [0.3, 0.4) is 0 Å². The molecular formula is C21H26N2O3. The minimum atomic E-state index is 0.0200. The molecule has 1 heterocycles. The lowest BCUT2D eigenvalue weighted by Crippen LogP contribution is -2.50. The van der Waals surface area contributed by atoms with Crippen molar-refractivity contribution < 1.29 is 14.3 Å². The summed E-state index contributed by atoms with van der Waals surface area (Å²) in [5.74, 6) is 1.58. The highest BCUT2D eigenvalue weighted by atomic mass is 16.5. The van der Waals surface area contributed by atoms with Crippen LogP contribution >= 0.6 is 0 Å². The molecule has 0 saturated carbocycles. The van der Waals surface area contributed by atoms with Gasteiger partial charge in [0.1, 0.15) is 11.5 Å². The molecule has 0 spiro atoms. The van der Waals surface area contributed by atoms with Gasteiger partial charge in [0.15, 0.2) is 6.61 Å². The summed E-state index contributed by atoms with van der Waals surface area (Å²) >= 11 is 0. The van der Waals surface area contributed by atoms with Crippen LogP contribution in [0.5, 0.6) is 11.5 Å². The molecule has 1 saturated heterocycles. The second kappa shape index (κ2) is 8.23. The highest BCUT2D eigenvalue weighted by Gasteiger charge is 2.28. The molecule has 0 bridgehead atoms. The Hall–Kier alpha value is -2.53. The average molecular weight is 354 g/mol. The average Bonchev–Trinajstić information content (AvgIpc) is 2.67. The number of carbonyl (C=O) groups excluding carboxylic acids is 1. The van der Waals surface area contributed by atoms with Gasteiger partial charge in [-0.3, -0.25) is 9.69 Å². The number of hydrogen-bond acceptors (Lipinski definition) is 4. The van der Waals surface area contributed by atoms with E-state index in [9.17, 15) is 4.79 Å². The monoisotopic (exact) mass is 354 g/mol. The van der Waals surface area contributed by atoms with Crippen LogP contribution in [0.15, 0.2) is 48.5 Å². The molecule has 1 aliphatic heterocycles. The van der Waals surface area contributed by atoms with Gasteiger partial charge < -0.3 is 14.4 Å². The largest absolute Gasteiger partial charge is 0.497 e. The second-order valence-corrected chi connectivity index (χ2v) is 6.71. The normalized spacial score (nSPS) is 17.8. The van der Waals surface area contributed by atoms with Crippen molar-refractivity contribution in [3.63, 3.8) is 0 Å². The van der Waals surface area contributed by atoms with Gasteiger partial charge in [0.2, 0.25) is 0 Å². The predicted octanol–water partition coefficient (Wildman–Crippen LogP) is 2.90. The van der Waals surface area contributed by atoms with Crippen molar-refractivity contribution in [1.82, 2.24) is 9.80 Å². The number of amides is 1. The molecule has 0 aliphatic carbocycles. The van der Waals surface area contributed by atoms with E-state index >= 15 is 0 Å².